The largest absolute Gasteiger partial charge is 0.358 e. The summed E-state index contributed by atoms with van der Waals surface area (Å²) in [5.41, 5.74) is 7.02. The van der Waals surface area contributed by atoms with Gasteiger partial charge in [-0.25, -0.2) is 13.2 Å². The Morgan fingerprint density at radius 1 is 0.979 bits per heavy atom. The number of amides is 1. The maximum absolute atomic E-state index is 12.7. The molecule has 2 N–H and O–H groups in total. The third-order valence-electron chi connectivity index (χ3n) is 8.63. The number of fused-ring (bicyclic) bond motifs is 3. The lowest BCUT2D eigenvalue weighted by atomic mass is 9.87. The Morgan fingerprint density at radius 2 is 1.58 bits per heavy atom. The molecule has 0 spiro atoms. The molecule has 1 unspecified atom stereocenters. The van der Waals surface area contributed by atoms with Crippen molar-refractivity contribution in [3.63, 3.8) is 0 Å². The van der Waals surface area contributed by atoms with Gasteiger partial charge in [-0.1, -0.05) is 55.8 Å². The molecule has 1 aliphatic carbocycles. The Labute approximate surface area is 286 Å². The van der Waals surface area contributed by atoms with Gasteiger partial charge in [0.05, 0.1) is 0 Å². The molecule has 1 saturated heterocycles. The van der Waals surface area contributed by atoms with Crippen LogP contribution in [0.15, 0.2) is 66.7 Å². The first-order valence-electron chi connectivity index (χ1n) is 16.3. The quantitative estimate of drug-likeness (QED) is 0.228. The fourth-order valence-electron chi connectivity index (χ4n) is 5.72. The number of carbonyl (C=O) groups is 3. The molecule has 9 heteroatoms. The van der Waals surface area contributed by atoms with Crippen LogP contribution in [0.4, 0.5) is 13.2 Å². The van der Waals surface area contributed by atoms with Crippen LogP contribution in [-0.4, -0.2) is 55.5 Å². The van der Waals surface area contributed by atoms with Gasteiger partial charge in [0.15, 0.2) is 0 Å². The van der Waals surface area contributed by atoms with E-state index in [9.17, 15) is 18.0 Å². The Bertz CT molecular complexity index is 1530. The molecular formula is C39H54F3N3O3. The molecule has 0 radical (unpaired) electrons. The first kappa shape index (κ1) is 39.9. The number of aromatic amines is 1. The molecule has 48 heavy (non-hydrogen) atoms. The van der Waals surface area contributed by atoms with Crippen LogP contribution in [0.25, 0.3) is 10.9 Å². The zero-order valence-electron chi connectivity index (χ0n) is 28.9. The maximum atomic E-state index is 12.7. The first-order chi connectivity index (χ1) is 22.9. The van der Waals surface area contributed by atoms with E-state index in [0.717, 1.165) is 74.7 Å². The van der Waals surface area contributed by atoms with Crippen molar-refractivity contribution < 1.29 is 30.4 Å². The fourth-order valence-corrected chi connectivity index (χ4v) is 5.72. The highest BCUT2D eigenvalue weighted by molar-refractivity contribution is 5.99. The molecule has 0 saturated carbocycles. The standard InChI is InChI=1S/C20H27N3O.C10H12F2.C7H7F.2CH2O.2H2/c1-13-3-5-18-16(11-13)17-12-14(4-6-19(17)22-18)20(24)21-15-7-9-23(2)10-8-15;1-3-8-4-6-9(7-5-8)10(2,11)12;1-6-2-4-7(8)5-3-6;2*1-2;;/h4,6,12-13,15,22H,3,5,7-11H2,1-2H3,(H,21,24);4-7H,3H2,1-2H3;2-5H,1H3;2*1H2;2*1H. The second kappa shape index (κ2) is 19.5. The van der Waals surface area contributed by atoms with Crippen molar-refractivity contribution in [2.45, 2.75) is 78.2 Å². The lowest BCUT2D eigenvalue weighted by Gasteiger charge is -2.29. The first-order valence-corrected chi connectivity index (χ1v) is 16.3. The summed E-state index contributed by atoms with van der Waals surface area (Å²) in [5, 5.41) is 4.47. The van der Waals surface area contributed by atoms with Crippen molar-refractivity contribution in [2.24, 2.45) is 5.92 Å². The van der Waals surface area contributed by atoms with Gasteiger partial charge in [-0.3, -0.25) is 4.79 Å². The monoisotopic (exact) mass is 669 g/mol. The number of rotatable bonds is 4. The second-order valence-corrected chi connectivity index (χ2v) is 12.5. The Hall–Kier alpha value is -4.24. The minimum absolute atomic E-state index is 0. The number of benzene rings is 3. The molecule has 1 fully saturated rings. The number of halogens is 3. The van der Waals surface area contributed by atoms with E-state index in [0.29, 0.717) is 6.04 Å². The van der Waals surface area contributed by atoms with Crippen LogP contribution in [0.1, 0.15) is 81.2 Å². The highest BCUT2D eigenvalue weighted by Gasteiger charge is 2.24. The molecular weight excluding hydrogens is 615 g/mol. The van der Waals surface area contributed by atoms with E-state index in [1.165, 1.54) is 52.8 Å². The van der Waals surface area contributed by atoms with E-state index in [2.05, 4.69) is 41.3 Å². The fraction of sp³-hybridized carbons (Fsp3) is 0.410. The molecule has 2 aliphatic rings. The van der Waals surface area contributed by atoms with Crippen molar-refractivity contribution in [3.05, 3.63) is 106 Å². The van der Waals surface area contributed by atoms with E-state index in [4.69, 9.17) is 9.59 Å². The molecule has 1 aromatic heterocycles. The number of piperidine rings is 1. The van der Waals surface area contributed by atoms with Crippen LogP contribution in [0, 0.1) is 18.7 Å². The van der Waals surface area contributed by atoms with E-state index >= 15 is 0 Å². The molecule has 0 bridgehead atoms. The van der Waals surface area contributed by atoms with E-state index in [-0.39, 0.29) is 20.1 Å². The lowest BCUT2D eigenvalue weighted by molar-refractivity contribution is -0.0987. The predicted molar refractivity (Wildman–Crippen MR) is 192 cm³/mol. The number of likely N-dealkylation sites (tertiary alicyclic amines) is 1. The smallest absolute Gasteiger partial charge is 0.270 e. The van der Waals surface area contributed by atoms with Gasteiger partial charge in [0.1, 0.15) is 19.4 Å². The molecule has 4 aromatic rings. The summed E-state index contributed by atoms with van der Waals surface area (Å²) in [6.07, 6.45) is 6.47. The predicted octanol–water partition coefficient (Wildman–Crippen LogP) is 8.73. The molecule has 6 rings (SSSR count). The van der Waals surface area contributed by atoms with Gasteiger partial charge in [0.25, 0.3) is 11.8 Å². The second-order valence-electron chi connectivity index (χ2n) is 12.5. The topological polar surface area (TPSA) is 82.3 Å². The van der Waals surface area contributed by atoms with Gasteiger partial charge < -0.3 is 24.8 Å². The van der Waals surface area contributed by atoms with E-state index < -0.39 is 5.92 Å². The van der Waals surface area contributed by atoms with Gasteiger partial charge in [0.2, 0.25) is 0 Å². The van der Waals surface area contributed by atoms with Crippen molar-refractivity contribution in [3.8, 4) is 0 Å². The molecule has 1 amide bonds. The number of hydrogen-bond donors (Lipinski definition) is 2. The van der Waals surface area contributed by atoms with Gasteiger partial charge in [0, 0.05) is 43.5 Å². The number of aromatic nitrogens is 1. The summed E-state index contributed by atoms with van der Waals surface area (Å²) < 4.78 is 37.5. The summed E-state index contributed by atoms with van der Waals surface area (Å²) in [6, 6.07) is 19.3. The maximum Gasteiger partial charge on any atom is 0.270 e. The van der Waals surface area contributed by atoms with Crippen LogP contribution in [-0.2, 0) is 34.8 Å². The van der Waals surface area contributed by atoms with Crippen molar-refractivity contribution in [1.82, 2.24) is 15.2 Å². The van der Waals surface area contributed by atoms with Gasteiger partial charge in [-0.15, -0.1) is 0 Å². The molecule has 3 aromatic carbocycles. The van der Waals surface area contributed by atoms with Crippen LogP contribution in [0.5, 0.6) is 0 Å². The van der Waals surface area contributed by atoms with Crippen LogP contribution < -0.4 is 5.32 Å². The summed E-state index contributed by atoms with van der Waals surface area (Å²) >= 11 is 0. The zero-order chi connectivity index (χ0) is 35.9. The normalized spacial score (nSPS) is 15.9. The van der Waals surface area contributed by atoms with E-state index in [1.807, 2.05) is 33.5 Å². The number of hydrogen-bond acceptors (Lipinski definition) is 4. The summed E-state index contributed by atoms with van der Waals surface area (Å²) in [7, 11) is 2.14. The Morgan fingerprint density at radius 3 is 2.12 bits per heavy atom. The average Bonchev–Trinajstić information content (AvgIpc) is 3.46. The highest BCUT2D eigenvalue weighted by Crippen LogP contribution is 2.32. The molecule has 1 atom stereocenters. The minimum atomic E-state index is -2.72. The van der Waals surface area contributed by atoms with Gasteiger partial charge in [-0.05, 0) is 113 Å². The molecule has 6 nitrogen and oxygen atoms in total. The summed E-state index contributed by atoms with van der Waals surface area (Å²) in [6.45, 7) is 13.3. The summed E-state index contributed by atoms with van der Waals surface area (Å²) in [5.74, 6) is -2.08. The van der Waals surface area contributed by atoms with Crippen LogP contribution in [0.2, 0.25) is 0 Å². The number of nitrogens with one attached hydrogen (secondary N) is 2. The molecule has 264 valence electrons. The summed E-state index contributed by atoms with van der Waals surface area (Å²) in [4.78, 5) is 34.5. The SMILES string of the molecule is C=O.C=O.CC1CCc2[nH]c3ccc(C(=O)NC4CCN(C)CC4)cc3c2C1.CCc1ccc(C(C)(F)F)cc1.Cc1ccc(F)cc1.[HH].[HH]. The third-order valence-corrected chi connectivity index (χ3v) is 8.63. The van der Waals surface area contributed by atoms with Crippen LogP contribution in [0.3, 0.4) is 0 Å². The van der Waals surface area contributed by atoms with Crippen molar-refractivity contribution in [2.75, 3.05) is 20.1 Å². The molecule has 2 heterocycles. The minimum Gasteiger partial charge on any atom is -0.358 e. The average molecular weight is 670 g/mol. The van der Waals surface area contributed by atoms with Crippen molar-refractivity contribution >= 4 is 30.4 Å². The van der Waals surface area contributed by atoms with Crippen molar-refractivity contribution in [1.29, 1.82) is 0 Å². The Kier molecular flexibility index (Phi) is 16.3. The Balaban J connectivity index is 0.000000777. The lowest BCUT2D eigenvalue weighted by Crippen LogP contribution is -2.43. The van der Waals surface area contributed by atoms with Gasteiger partial charge >= 0.3 is 0 Å². The number of nitrogens with zero attached hydrogens (tertiary/aromatic N) is 1. The highest BCUT2D eigenvalue weighted by atomic mass is 19.3. The van der Waals surface area contributed by atoms with E-state index in [1.54, 1.807) is 24.3 Å². The number of H-pyrrole nitrogens is 1. The number of aryl methyl sites for hydroxylation is 3. The van der Waals surface area contributed by atoms with Crippen LogP contribution >= 0.6 is 0 Å². The third kappa shape index (κ3) is 12.1. The van der Waals surface area contributed by atoms with Gasteiger partial charge in [-0.2, -0.15) is 0 Å². The number of carbonyl (C=O) groups excluding carboxylic acids is 3. The molecule has 1 aliphatic heterocycles. The number of alkyl halides is 2. The zero-order valence-corrected chi connectivity index (χ0v) is 28.9.